The fraction of sp³-hybridized carbons (Fsp3) is 0.414. The summed E-state index contributed by atoms with van der Waals surface area (Å²) in [5.74, 6) is -4.37. The van der Waals surface area contributed by atoms with Crippen LogP contribution in [0, 0.1) is 0 Å². The number of esters is 2. The summed E-state index contributed by atoms with van der Waals surface area (Å²) in [7, 11) is 1.29. The van der Waals surface area contributed by atoms with E-state index >= 15 is 0 Å². The lowest BCUT2D eigenvalue weighted by Crippen LogP contribution is -2.60. The first-order chi connectivity index (χ1) is 20.8. The van der Waals surface area contributed by atoms with Crippen LogP contribution in [0.25, 0.3) is 6.08 Å². The molecule has 3 rings (SSSR count). The number of carbonyl (C=O) groups excluding carboxylic acids is 2. The van der Waals surface area contributed by atoms with Crippen molar-refractivity contribution in [2.75, 3.05) is 20.3 Å². The largest absolute Gasteiger partial charge is 0.508 e. The maximum Gasteiger partial charge on any atom is 0.351 e. The number of aliphatic hydroxyl groups excluding tert-OH is 4. The molecule has 0 bridgehead atoms. The lowest BCUT2D eigenvalue weighted by molar-refractivity contribution is -0.277. The summed E-state index contributed by atoms with van der Waals surface area (Å²) in [4.78, 5) is 37.5. The number of hydrogen-bond acceptors (Lipinski definition) is 14. The molecule has 1 fully saturated rings. The molecule has 1 saturated heterocycles. The quantitative estimate of drug-likeness (QED) is 0.106. The molecule has 1 aliphatic heterocycles. The molecule has 0 amide bonds. The van der Waals surface area contributed by atoms with Gasteiger partial charge in [-0.3, -0.25) is 0 Å². The molecule has 0 saturated carbocycles. The van der Waals surface area contributed by atoms with Crippen LogP contribution in [0.5, 0.6) is 17.2 Å². The molecule has 1 aliphatic rings. The smallest absolute Gasteiger partial charge is 0.351 e. The number of carboxylic acids is 1. The summed E-state index contributed by atoms with van der Waals surface area (Å²) in [6.07, 6.45) is -8.44. The van der Waals surface area contributed by atoms with Crippen molar-refractivity contribution >= 4 is 24.0 Å². The first-order valence-electron chi connectivity index (χ1n) is 13.3. The molecule has 2 aromatic carbocycles. The highest BCUT2D eigenvalue weighted by Crippen LogP contribution is 2.32. The Labute approximate surface area is 251 Å². The van der Waals surface area contributed by atoms with Gasteiger partial charge in [0.15, 0.2) is 11.5 Å². The first-order valence-corrected chi connectivity index (χ1v) is 13.3. The Kier molecular flexibility index (Phi) is 11.6. The minimum Gasteiger partial charge on any atom is -0.508 e. The topological polar surface area (TPSA) is 239 Å². The molecule has 0 unspecified atom stereocenters. The van der Waals surface area contributed by atoms with Crippen LogP contribution in [0.2, 0.25) is 0 Å². The van der Waals surface area contributed by atoms with Crippen molar-refractivity contribution in [2.45, 2.75) is 55.8 Å². The van der Waals surface area contributed by atoms with Crippen LogP contribution in [0.1, 0.15) is 18.1 Å². The van der Waals surface area contributed by atoms with E-state index in [9.17, 15) is 50.1 Å². The van der Waals surface area contributed by atoms with Crippen molar-refractivity contribution in [3.8, 4) is 17.2 Å². The Bertz CT molecular complexity index is 1320. The second-order valence-electron chi connectivity index (χ2n) is 9.70. The molecule has 1 heterocycles. The lowest BCUT2D eigenvalue weighted by atomic mass is 9.88. The number of hydrogen-bond donors (Lipinski definition) is 7. The zero-order valence-corrected chi connectivity index (χ0v) is 23.7. The summed E-state index contributed by atoms with van der Waals surface area (Å²) in [6, 6.07) is 9.35. The van der Waals surface area contributed by atoms with E-state index in [1.165, 1.54) is 62.6 Å². The summed E-state index contributed by atoms with van der Waals surface area (Å²) >= 11 is 0. The van der Waals surface area contributed by atoms with Gasteiger partial charge in [-0.2, -0.15) is 0 Å². The third-order valence-electron chi connectivity index (χ3n) is 6.64. The Balaban J connectivity index is 1.79. The fourth-order valence-corrected chi connectivity index (χ4v) is 4.26. The Morgan fingerprint density at radius 3 is 2.30 bits per heavy atom. The normalized spacial score (nSPS) is 23.8. The van der Waals surface area contributed by atoms with Gasteiger partial charge in [0.1, 0.15) is 30.2 Å². The number of phenols is 1. The minimum absolute atomic E-state index is 0.0275. The summed E-state index contributed by atoms with van der Waals surface area (Å²) in [6.45, 7) is 0.587. The maximum atomic E-state index is 12.7. The molecule has 7 atom stereocenters. The van der Waals surface area contributed by atoms with E-state index in [1.807, 2.05) is 0 Å². The highest BCUT2D eigenvalue weighted by Gasteiger charge is 2.52. The number of ether oxygens (including phenoxy) is 5. The molecule has 15 nitrogen and oxygen atoms in total. The molecule has 0 radical (unpaired) electrons. The predicted molar refractivity (Wildman–Crippen MR) is 147 cm³/mol. The number of carbonyl (C=O) groups is 3. The molecule has 240 valence electrons. The van der Waals surface area contributed by atoms with Crippen molar-refractivity contribution in [3.05, 3.63) is 59.7 Å². The first kappa shape index (κ1) is 34.2. The van der Waals surface area contributed by atoms with Gasteiger partial charge in [-0.25, -0.2) is 14.4 Å². The molecule has 7 N–H and O–H groups in total. The zero-order valence-electron chi connectivity index (χ0n) is 23.7. The van der Waals surface area contributed by atoms with Gasteiger partial charge in [0.05, 0.1) is 20.3 Å². The Hall–Kier alpha value is -4.25. The van der Waals surface area contributed by atoms with E-state index in [0.29, 0.717) is 5.56 Å². The number of carboxylic acid groups (broad SMARTS) is 1. The van der Waals surface area contributed by atoms with E-state index in [2.05, 4.69) is 0 Å². The molecular formula is C29H34O15. The van der Waals surface area contributed by atoms with Gasteiger partial charge >= 0.3 is 17.9 Å². The van der Waals surface area contributed by atoms with Crippen molar-refractivity contribution in [1.29, 1.82) is 0 Å². The molecular weight excluding hydrogens is 588 g/mol. The number of aromatic hydroxyl groups is 1. The minimum atomic E-state index is -2.93. The van der Waals surface area contributed by atoms with E-state index < -0.39 is 73.3 Å². The molecule has 0 aromatic heterocycles. The van der Waals surface area contributed by atoms with Crippen LogP contribution in [-0.4, -0.2) is 116 Å². The Morgan fingerprint density at radius 2 is 1.70 bits per heavy atom. The number of methoxy groups -OCH3 is 1. The highest BCUT2D eigenvalue weighted by atomic mass is 16.7. The van der Waals surface area contributed by atoms with E-state index in [0.717, 1.165) is 6.08 Å². The summed E-state index contributed by atoms with van der Waals surface area (Å²) in [5.41, 5.74) is -2.39. The molecule has 0 aliphatic carbocycles. The lowest BCUT2D eigenvalue weighted by Gasteiger charge is -2.39. The number of aliphatic carboxylic acids is 1. The van der Waals surface area contributed by atoms with Crippen LogP contribution >= 0.6 is 0 Å². The molecule has 0 spiro atoms. The summed E-state index contributed by atoms with van der Waals surface area (Å²) in [5, 5.41) is 69.9. The van der Waals surface area contributed by atoms with Crippen LogP contribution in [0.4, 0.5) is 0 Å². The van der Waals surface area contributed by atoms with E-state index in [4.69, 9.17) is 23.7 Å². The average Bonchev–Trinajstić information content (AvgIpc) is 3.00. The van der Waals surface area contributed by atoms with Crippen LogP contribution < -0.4 is 9.47 Å². The predicted octanol–water partition coefficient (Wildman–Crippen LogP) is -0.874. The highest BCUT2D eigenvalue weighted by molar-refractivity contribution is 5.93. The zero-order chi connectivity index (χ0) is 32.6. The second kappa shape index (κ2) is 15.0. The fourth-order valence-electron chi connectivity index (χ4n) is 4.26. The number of phenolic OH excluding ortho intramolecular Hbond substituents is 1. The van der Waals surface area contributed by atoms with Crippen molar-refractivity contribution in [2.24, 2.45) is 0 Å². The number of rotatable bonds is 13. The van der Waals surface area contributed by atoms with Gasteiger partial charge in [0.2, 0.25) is 18.0 Å². The average molecular weight is 623 g/mol. The maximum absolute atomic E-state index is 12.7. The van der Waals surface area contributed by atoms with E-state index in [1.54, 1.807) is 0 Å². The molecule has 44 heavy (non-hydrogen) atoms. The monoisotopic (exact) mass is 622 g/mol. The Morgan fingerprint density at radius 1 is 1.02 bits per heavy atom. The van der Waals surface area contributed by atoms with Crippen LogP contribution in [0.3, 0.4) is 0 Å². The third-order valence-corrected chi connectivity index (χ3v) is 6.64. The van der Waals surface area contributed by atoms with Gasteiger partial charge in [0.25, 0.3) is 0 Å². The number of aliphatic hydroxyl groups is 5. The number of benzene rings is 2. The van der Waals surface area contributed by atoms with E-state index in [-0.39, 0.29) is 29.4 Å². The van der Waals surface area contributed by atoms with Gasteiger partial charge in [-0.05, 0) is 48.4 Å². The van der Waals surface area contributed by atoms with Gasteiger partial charge < -0.3 is 59.4 Å². The molecule has 15 heteroatoms. The molecule has 2 aromatic rings. The van der Waals surface area contributed by atoms with Gasteiger partial charge in [0, 0.05) is 12.5 Å². The van der Waals surface area contributed by atoms with Crippen molar-refractivity contribution in [3.63, 3.8) is 0 Å². The van der Waals surface area contributed by atoms with Crippen LogP contribution in [-0.2, 0) is 35.0 Å². The third kappa shape index (κ3) is 8.02. The standard InChI is InChI=1S/C29H34O15/c1-3-41-26(36)25(29(39,28(37)38)13-16-4-8-17(31)9-5-16)44-21(32)11-7-15-6-10-18(19(12-15)40-2)42-27-24(35)23(34)22(33)20(14-30)43-27/h4-12,20,22-25,27,30-31,33-35,39H,3,13-14H2,1-2H3,(H,37,38)/b11-7+/t20-,22-,23-,24-,25-,27-,29+/m1/s1. The van der Waals surface area contributed by atoms with Crippen molar-refractivity contribution < 1.29 is 73.8 Å². The summed E-state index contributed by atoms with van der Waals surface area (Å²) < 4.78 is 26.2. The second-order valence-corrected chi connectivity index (χ2v) is 9.70. The van der Waals surface area contributed by atoms with Gasteiger partial charge in [-0.15, -0.1) is 0 Å². The van der Waals surface area contributed by atoms with Gasteiger partial charge in [-0.1, -0.05) is 18.2 Å². The van der Waals surface area contributed by atoms with Crippen LogP contribution in [0.15, 0.2) is 48.5 Å². The SMILES string of the molecule is CCOC(=O)[C@@H](OC(=O)/C=C/c1ccc(O[C@@H]2O[C@H](CO)[C@@H](O)[C@@H](O)[C@H]2O)c(OC)c1)[C@@](O)(Cc1ccc(O)cc1)C(=O)O. The van der Waals surface area contributed by atoms with Crippen molar-refractivity contribution in [1.82, 2.24) is 0 Å².